The van der Waals surface area contributed by atoms with Gasteiger partial charge in [-0.3, -0.25) is 19.9 Å². The molecular formula is C19H26N6O2. The topological polar surface area (TPSA) is 84.3 Å². The molecule has 0 spiro atoms. The van der Waals surface area contributed by atoms with E-state index in [0.717, 1.165) is 49.4 Å². The smallest absolute Gasteiger partial charge is 0.320 e. The van der Waals surface area contributed by atoms with Crippen molar-refractivity contribution in [1.29, 1.82) is 0 Å². The van der Waals surface area contributed by atoms with E-state index in [2.05, 4.69) is 31.7 Å². The summed E-state index contributed by atoms with van der Waals surface area (Å²) >= 11 is 0. The van der Waals surface area contributed by atoms with Crippen LogP contribution in [0.1, 0.15) is 29.3 Å². The maximum absolute atomic E-state index is 12.6. The molecule has 1 aliphatic carbocycles. The van der Waals surface area contributed by atoms with Crippen LogP contribution in [0, 0.1) is 0 Å². The van der Waals surface area contributed by atoms with Crippen LogP contribution in [0.2, 0.25) is 0 Å². The number of ether oxygens (including phenoxy) is 1. The molecule has 2 aromatic rings. The van der Waals surface area contributed by atoms with Gasteiger partial charge in [-0.05, 0) is 30.9 Å². The lowest BCUT2D eigenvalue weighted by Crippen LogP contribution is -2.44. The summed E-state index contributed by atoms with van der Waals surface area (Å²) in [7, 11) is 1.88. The van der Waals surface area contributed by atoms with Crippen LogP contribution in [0.15, 0.2) is 24.5 Å². The number of nitrogens with zero attached hydrogens (tertiary/aromatic N) is 4. The fourth-order valence-electron chi connectivity index (χ4n) is 3.94. The number of aromatic nitrogens is 3. The van der Waals surface area contributed by atoms with Crippen molar-refractivity contribution in [2.45, 2.75) is 25.3 Å². The molecule has 0 radical (unpaired) electrons. The number of carbonyl (C=O) groups is 1. The molecule has 1 aliphatic heterocycles. The molecule has 1 fully saturated rings. The normalized spacial score (nSPS) is 18.1. The van der Waals surface area contributed by atoms with Gasteiger partial charge in [-0.15, -0.1) is 0 Å². The molecule has 3 heterocycles. The lowest BCUT2D eigenvalue weighted by molar-refractivity contribution is 0.0167. The van der Waals surface area contributed by atoms with Crippen LogP contribution in [0.4, 0.5) is 10.6 Å². The minimum Gasteiger partial charge on any atom is -0.379 e. The Hall–Kier alpha value is -2.45. The van der Waals surface area contributed by atoms with E-state index in [1.807, 2.05) is 19.3 Å². The van der Waals surface area contributed by atoms with Crippen molar-refractivity contribution in [3.8, 4) is 0 Å². The van der Waals surface area contributed by atoms with Crippen molar-refractivity contribution in [1.82, 2.24) is 25.0 Å². The second-order valence-corrected chi connectivity index (χ2v) is 7.04. The molecule has 4 rings (SSSR count). The van der Waals surface area contributed by atoms with E-state index in [1.165, 1.54) is 5.56 Å². The quantitative estimate of drug-likeness (QED) is 0.833. The van der Waals surface area contributed by atoms with Crippen LogP contribution in [0.3, 0.4) is 0 Å². The van der Waals surface area contributed by atoms with Gasteiger partial charge in [0.1, 0.15) is 5.82 Å². The number of morpholine rings is 1. The first-order valence-electron chi connectivity index (χ1n) is 9.53. The third kappa shape index (κ3) is 3.96. The number of hydrogen-bond acceptors (Lipinski definition) is 5. The van der Waals surface area contributed by atoms with Crippen molar-refractivity contribution in [3.63, 3.8) is 0 Å². The highest BCUT2D eigenvalue weighted by Gasteiger charge is 2.25. The maximum Gasteiger partial charge on any atom is 0.320 e. The van der Waals surface area contributed by atoms with E-state index in [0.29, 0.717) is 19.8 Å². The minimum atomic E-state index is -0.199. The van der Waals surface area contributed by atoms with Gasteiger partial charge in [-0.25, -0.2) is 4.79 Å². The molecule has 2 N–H and O–H groups in total. The van der Waals surface area contributed by atoms with Gasteiger partial charge >= 0.3 is 6.03 Å². The van der Waals surface area contributed by atoms with Crippen LogP contribution in [0.5, 0.6) is 0 Å². The van der Waals surface area contributed by atoms with E-state index in [4.69, 9.17) is 4.74 Å². The highest BCUT2D eigenvalue weighted by atomic mass is 16.5. The van der Waals surface area contributed by atoms with Crippen LogP contribution < -0.4 is 10.6 Å². The lowest BCUT2D eigenvalue weighted by atomic mass is 10.1. The summed E-state index contributed by atoms with van der Waals surface area (Å²) in [5, 5.41) is 10.5. The Morgan fingerprint density at radius 3 is 2.96 bits per heavy atom. The average Bonchev–Trinajstić information content (AvgIpc) is 3.26. The first kappa shape index (κ1) is 17.9. The van der Waals surface area contributed by atoms with Gasteiger partial charge in [0.05, 0.1) is 24.9 Å². The molecule has 1 saturated heterocycles. The lowest BCUT2D eigenvalue weighted by Gasteiger charge is -2.34. The van der Waals surface area contributed by atoms with Gasteiger partial charge in [0, 0.05) is 44.6 Å². The third-order valence-corrected chi connectivity index (χ3v) is 5.31. The Labute approximate surface area is 158 Å². The van der Waals surface area contributed by atoms with Crippen molar-refractivity contribution in [3.05, 3.63) is 41.3 Å². The molecule has 27 heavy (non-hydrogen) atoms. The summed E-state index contributed by atoms with van der Waals surface area (Å²) in [6.45, 7) is 3.63. The van der Waals surface area contributed by atoms with E-state index in [-0.39, 0.29) is 12.1 Å². The molecule has 8 heteroatoms. The number of aryl methyl sites for hydroxylation is 2. The molecule has 2 amide bonds. The zero-order valence-electron chi connectivity index (χ0n) is 15.6. The van der Waals surface area contributed by atoms with Gasteiger partial charge in [0.25, 0.3) is 0 Å². The number of anilines is 1. The molecule has 2 aromatic heterocycles. The zero-order chi connectivity index (χ0) is 18.6. The highest BCUT2D eigenvalue weighted by Crippen LogP contribution is 2.28. The number of rotatable bonds is 5. The molecule has 1 atom stereocenters. The summed E-state index contributed by atoms with van der Waals surface area (Å²) < 4.78 is 7.24. The van der Waals surface area contributed by atoms with Gasteiger partial charge in [-0.1, -0.05) is 6.07 Å². The van der Waals surface area contributed by atoms with Gasteiger partial charge in [-0.2, -0.15) is 5.10 Å². The Bertz CT molecular complexity index is 785. The number of pyridine rings is 1. The summed E-state index contributed by atoms with van der Waals surface area (Å²) in [6, 6.07) is 3.86. The number of carbonyl (C=O) groups excluding carboxylic acids is 1. The molecule has 0 unspecified atom stereocenters. The van der Waals surface area contributed by atoms with Crippen LogP contribution in [-0.2, 0) is 24.6 Å². The monoisotopic (exact) mass is 370 g/mol. The van der Waals surface area contributed by atoms with Gasteiger partial charge < -0.3 is 10.1 Å². The molecule has 0 aromatic carbocycles. The van der Waals surface area contributed by atoms with Crippen LogP contribution in [-0.4, -0.2) is 58.5 Å². The second kappa shape index (κ2) is 8.06. The Morgan fingerprint density at radius 1 is 1.33 bits per heavy atom. The SMILES string of the molecule is Cn1nc2c(c1NC(=O)NC[C@H](c1cccnc1)N1CCOCC1)CCC2. The second-order valence-electron chi connectivity index (χ2n) is 7.04. The average molecular weight is 370 g/mol. The summed E-state index contributed by atoms with van der Waals surface area (Å²) in [5.41, 5.74) is 3.38. The number of hydrogen-bond donors (Lipinski definition) is 2. The van der Waals surface area contributed by atoms with E-state index in [9.17, 15) is 4.79 Å². The number of urea groups is 1. The first-order chi connectivity index (χ1) is 13.2. The third-order valence-electron chi connectivity index (χ3n) is 5.31. The fraction of sp³-hybridized carbons (Fsp3) is 0.526. The number of nitrogens with one attached hydrogen (secondary N) is 2. The molecule has 8 nitrogen and oxygen atoms in total. The number of amides is 2. The van der Waals surface area contributed by atoms with Gasteiger partial charge in [0.15, 0.2) is 0 Å². The summed E-state index contributed by atoms with van der Waals surface area (Å²) in [6.07, 6.45) is 6.71. The predicted octanol–water partition coefficient (Wildman–Crippen LogP) is 1.50. The van der Waals surface area contributed by atoms with E-state index in [1.54, 1.807) is 10.9 Å². The largest absolute Gasteiger partial charge is 0.379 e. The predicted molar refractivity (Wildman–Crippen MR) is 102 cm³/mol. The fourth-order valence-corrected chi connectivity index (χ4v) is 3.94. The van der Waals surface area contributed by atoms with Crippen molar-refractivity contribution < 1.29 is 9.53 Å². The van der Waals surface area contributed by atoms with E-state index < -0.39 is 0 Å². The molecule has 0 saturated carbocycles. The Kier molecular flexibility index (Phi) is 5.35. The maximum atomic E-state index is 12.6. The van der Waals surface area contributed by atoms with Crippen molar-refractivity contribution >= 4 is 11.8 Å². The molecule has 0 bridgehead atoms. The molecule has 2 aliphatic rings. The van der Waals surface area contributed by atoms with Crippen LogP contribution >= 0.6 is 0 Å². The van der Waals surface area contributed by atoms with Crippen molar-refractivity contribution in [2.24, 2.45) is 7.05 Å². The molecule has 144 valence electrons. The molecular weight excluding hydrogens is 344 g/mol. The summed E-state index contributed by atoms with van der Waals surface area (Å²) in [5.74, 6) is 0.810. The minimum absolute atomic E-state index is 0.0746. The van der Waals surface area contributed by atoms with Gasteiger partial charge in [0.2, 0.25) is 0 Å². The summed E-state index contributed by atoms with van der Waals surface area (Å²) in [4.78, 5) is 19.1. The van der Waals surface area contributed by atoms with E-state index >= 15 is 0 Å². The highest BCUT2D eigenvalue weighted by molar-refractivity contribution is 5.89. The Balaban J connectivity index is 1.42. The zero-order valence-corrected chi connectivity index (χ0v) is 15.6. The van der Waals surface area contributed by atoms with Crippen molar-refractivity contribution in [2.75, 3.05) is 38.2 Å². The van der Waals surface area contributed by atoms with Crippen LogP contribution in [0.25, 0.3) is 0 Å². The number of fused-ring (bicyclic) bond motifs is 1. The first-order valence-corrected chi connectivity index (χ1v) is 9.53. The Morgan fingerprint density at radius 2 is 2.19 bits per heavy atom. The standard InChI is InChI=1S/C19H26N6O2/c1-24-18(15-5-2-6-16(15)23-24)22-19(26)21-13-17(14-4-3-7-20-12-14)25-8-10-27-11-9-25/h3-4,7,12,17H,2,5-6,8-11,13H2,1H3,(H2,21,22,26)/t17-/m1/s1.